The fourth-order valence-electron chi connectivity index (χ4n) is 4.34. The van der Waals surface area contributed by atoms with E-state index in [4.69, 9.17) is 0 Å². The Hall–Kier alpha value is -3.00. The van der Waals surface area contributed by atoms with Crippen LogP contribution in [0.3, 0.4) is 0 Å². The molecule has 166 valence electrons. The van der Waals surface area contributed by atoms with E-state index < -0.39 is 0 Å². The average molecular weight is 425 g/mol. The standard InChI is InChI=1S/C30H36N2/c1-6-22-8-16-26(17-9-22)31-27-20-29(24-12-14-25(15-13-24)30(3,4)5)32(21-27)28-18-10-23(7-2)11-19-28/h8-20,29,31H,6-7,21H2,1-5H3/t29-/m1/s1. The fraction of sp³-hybridized carbons (Fsp3) is 0.333. The van der Waals surface area contributed by atoms with Crippen LogP contribution < -0.4 is 10.2 Å². The van der Waals surface area contributed by atoms with Gasteiger partial charge in [0.25, 0.3) is 0 Å². The van der Waals surface area contributed by atoms with E-state index in [2.05, 4.69) is 124 Å². The maximum Gasteiger partial charge on any atom is 0.0751 e. The molecule has 2 heteroatoms. The Morgan fingerprint density at radius 1 is 0.781 bits per heavy atom. The molecule has 3 aromatic carbocycles. The third kappa shape index (κ3) is 4.91. The van der Waals surface area contributed by atoms with Crippen molar-refractivity contribution in [3.05, 3.63) is 107 Å². The van der Waals surface area contributed by atoms with Crippen LogP contribution in [0.15, 0.2) is 84.6 Å². The minimum atomic E-state index is 0.164. The van der Waals surface area contributed by atoms with Crippen LogP contribution in [0, 0.1) is 0 Å². The first kappa shape index (κ1) is 22.2. The Morgan fingerprint density at radius 3 is 1.88 bits per heavy atom. The molecule has 0 unspecified atom stereocenters. The van der Waals surface area contributed by atoms with Crippen molar-refractivity contribution in [1.82, 2.24) is 0 Å². The first-order chi connectivity index (χ1) is 15.4. The van der Waals surface area contributed by atoms with Gasteiger partial charge < -0.3 is 10.2 Å². The van der Waals surface area contributed by atoms with Crippen LogP contribution in [0.5, 0.6) is 0 Å². The van der Waals surface area contributed by atoms with Crippen molar-refractivity contribution in [3.63, 3.8) is 0 Å². The second kappa shape index (κ2) is 9.24. The van der Waals surface area contributed by atoms with Crippen LogP contribution in [-0.4, -0.2) is 6.54 Å². The molecule has 0 aromatic heterocycles. The molecule has 1 N–H and O–H groups in total. The van der Waals surface area contributed by atoms with E-state index >= 15 is 0 Å². The van der Waals surface area contributed by atoms with Crippen molar-refractivity contribution in [2.45, 2.75) is 58.9 Å². The van der Waals surface area contributed by atoms with Crippen LogP contribution in [0.4, 0.5) is 11.4 Å². The second-order valence-corrected chi connectivity index (χ2v) is 9.83. The molecule has 3 aromatic rings. The summed E-state index contributed by atoms with van der Waals surface area (Å²) in [5.41, 5.74) is 9.27. The van der Waals surface area contributed by atoms with Gasteiger partial charge in [-0.2, -0.15) is 0 Å². The Bertz CT molecular complexity index is 1050. The van der Waals surface area contributed by atoms with E-state index in [1.807, 2.05) is 0 Å². The molecule has 0 spiro atoms. The van der Waals surface area contributed by atoms with Crippen molar-refractivity contribution >= 4 is 11.4 Å². The highest BCUT2D eigenvalue weighted by molar-refractivity contribution is 5.59. The second-order valence-electron chi connectivity index (χ2n) is 9.83. The molecule has 4 rings (SSSR count). The Morgan fingerprint density at radius 2 is 1.34 bits per heavy atom. The summed E-state index contributed by atoms with van der Waals surface area (Å²) in [6, 6.07) is 27.2. The lowest BCUT2D eigenvalue weighted by molar-refractivity contribution is 0.589. The molecule has 1 aliphatic rings. The quantitative estimate of drug-likeness (QED) is 0.437. The molecule has 1 heterocycles. The van der Waals surface area contributed by atoms with Gasteiger partial charge in [-0.15, -0.1) is 0 Å². The highest BCUT2D eigenvalue weighted by Crippen LogP contribution is 2.36. The van der Waals surface area contributed by atoms with Crippen molar-refractivity contribution in [2.75, 3.05) is 16.8 Å². The van der Waals surface area contributed by atoms with Gasteiger partial charge in [-0.3, -0.25) is 0 Å². The van der Waals surface area contributed by atoms with E-state index in [1.165, 1.54) is 33.6 Å². The number of nitrogens with zero attached hydrogens (tertiary/aromatic N) is 1. The zero-order valence-corrected chi connectivity index (χ0v) is 20.2. The van der Waals surface area contributed by atoms with Gasteiger partial charge in [-0.1, -0.05) is 83.1 Å². The Kier molecular flexibility index (Phi) is 6.41. The molecule has 0 fully saturated rings. The summed E-state index contributed by atoms with van der Waals surface area (Å²) >= 11 is 0. The summed E-state index contributed by atoms with van der Waals surface area (Å²) in [7, 11) is 0. The van der Waals surface area contributed by atoms with Crippen LogP contribution in [0.25, 0.3) is 0 Å². The first-order valence-electron chi connectivity index (χ1n) is 11.9. The number of nitrogens with one attached hydrogen (secondary N) is 1. The number of rotatable bonds is 6. The van der Waals surface area contributed by atoms with E-state index in [0.29, 0.717) is 0 Å². The minimum absolute atomic E-state index is 0.164. The molecule has 0 bridgehead atoms. The third-order valence-electron chi connectivity index (χ3n) is 6.50. The molecular weight excluding hydrogens is 388 g/mol. The van der Waals surface area contributed by atoms with Gasteiger partial charge in [0.2, 0.25) is 0 Å². The summed E-state index contributed by atoms with van der Waals surface area (Å²) in [5.74, 6) is 0. The lowest BCUT2D eigenvalue weighted by Crippen LogP contribution is -2.25. The summed E-state index contributed by atoms with van der Waals surface area (Å²) in [5, 5.41) is 3.67. The van der Waals surface area contributed by atoms with Crippen LogP contribution in [0.1, 0.15) is 62.9 Å². The lowest BCUT2D eigenvalue weighted by atomic mass is 9.86. The molecule has 32 heavy (non-hydrogen) atoms. The van der Waals surface area contributed by atoms with E-state index in [-0.39, 0.29) is 11.5 Å². The predicted molar refractivity (Wildman–Crippen MR) is 139 cm³/mol. The SMILES string of the molecule is CCc1ccc(NC2=C[C@H](c3ccc(C(C)(C)C)cc3)N(c3ccc(CC)cc3)C2)cc1. The monoisotopic (exact) mass is 424 g/mol. The molecule has 1 atom stereocenters. The number of hydrogen-bond acceptors (Lipinski definition) is 2. The summed E-state index contributed by atoms with van der Waals surface area (Å²) < 4.78 is 0. The summed E-state index contributed by atoms with van der Waals surface area (Å²) in [4.78, 5) is 2.49. The molecule has 0 radical (unpaired) electrons. The zero-order chi connectivity index (χ0) is 22.7. The van der Waals surface area contributed by atoms with Crippen LogP contribution in [-0.2, 0) is 18.3 Å². The van der Waals surface area contributed by atoms with Gasteiger partial charge in [0.05, 0.1) is 12.6 Å². The number of hydrogen-bond donors (Lipinski definition) is 1. The normalized spacial score (nSPS) is 16.2. The zero-order valence-electron chi connectivity index (χ0n) is 20.2. The largest absolute Gasteiger partial charge is 0.358 e. The summed E-state index contributed by atoms with van der Waals surface area (Å²) in [6.45, 7) is 12.1. The van der Waals surface area contributed by atoms with Crippen molar-refractivity contribution in [3.8, 4) is 0 Å². The number of benzene rings is 3. The highest BCUT2D eigenvalue weighted by atomic mass is 15.2. The average Bonchev–Trinajstić information content (AvgIpc) is 3.23. The molecule has 2 nitrogen and oxygen atoms in total. The molecule has 0 aliphatic carbocycles. The fourth-order valence-corrected chi connectivity index (χ4v) is 4.34. The van der Waals surface area contributed by atoms with Crippen LogP contribution >= 0.6 is 0 Å². The minimum Gasteiger partial charge on any atom is -0.358 e. The maximum absolute atomic E-state index is 3.67. The first-order valence-corrected chi connectivity index (χ1v) is 11.9. The highest BCUT2D eigenvalue weighted by Gasteiger charge is 2.27. The van der Waals surface area contributed by atoms with Crippen molar-refractivity contribution in [2.24, 2.45) is 0 Å². The van der Waals surface area contributed by atoms with E-state index in [9.17, 15) is 0 Å². The molecule has 0 saturated heterocycles. The Balaban J connectivity index is 1.63. The van der Waals surface area contributed by atoms with Gasteiger partial charge in [-0.05, 0) is 70.9 Å². The maximum atomic E-state index is 3.67. The molecule has 0 saturated carbocycles. The van der Waals surface area contributed by atoms with Gasteiger partial charge in [-0.25, -0.2) is 0 Å². The van der Waals surface area contributed by atoms with Crippen molar-refractivity contribution in [1.29, 1.82) is 0 Å². The molecular formula is C30H36N2. The molecule has 1 aliphatic heterocycles. The van der Waals surface area contributed by atoms with Gasteiger partial charge >= 0.3 is 0 Å². The van der Waals surface area contributed by atoms with Gasteiger partial charge in [0.15, 0.2) is 0 Å². The Labute approximate surface area is 194 Å². The van der Waals surface area contributed by atoms with Gasteiger partial charge in [0, 0.05) is 17.1 Å². The molecule has 0 amide bonds. The lowest BCUT2D eigenvalue weighted by Gasteiger charge is -2.28. The number of aryl methyl sites for hydroxylation is 2. The smallest absolute Gasteiger partial charge is 0.0751 e. The predicted octanol–water partition coefficient (Wildman–Crippen LogP) is 7.67. The third-order valence-corrected chi connectivity index (χ3v) is 6.50. The van der Waals surface area contributed by atoms with E-state index in [0.717, 1.165) is 25.1 Å². The van der Waals surface area contributed by atoms with E-state index in [1.54, 1.807) is 0 Å². The van der Waals surface area contributed by atoms with Gasteiger partial charge in [0.1, 0.15) is 0 Å². The number of anilines is 2. The van der Waals surface area contributed by atoms with Crippen molar-refractivity contribution < 1.29 is 0 Å². The summed E-state index contributed by atoms with van der Waals surface area (Å²) in [6.07, 6.45) is 4.52. The van der Waals surface area contributed by atoms with Crippen LogP contribution in [0.2, 0.25) is 0 Å². The topological polar surface area (TPSA) is 15.3 Å².